The number of nitrogens with zero attached hydrogens (tertiary/aromatic N) is 1. The minimum absolute atomic E-state index is 0.0629. The molecule has 2 aliphatic rings. The van der Waals surface area contributed by atoms with Gasteiger partial charge in [-0.25, -0.2) is 0 Å². The maximum atomic E-state index is 12.8. The smallest absolute Gasteiger partial charge is 0.255 e. The molecule has 1 aromatic rings. The monoisotopic (exact) mass is 406 g/mol. The highest BCUT2D eigenvalue weighted by Crippen LogP contribution is 2.37. The molecule has 0 radical (unpaired) electrons. The standard InChI is InChI=1S/C21H34N4O4/c1-22-6-3-4-7-25-8-5-15(18(26)14-25)13-24-21(27)17-11-16(23-2)12-19-20(17)29-10-9-28-19/h11-12,15,18,22-23,26H,3-10,13-14H2,1-2H3,(H,24,27)/t15-,18?/m0/s1. The van der Waals surface area contributed by atoms with E-state index in [9.17, 15) is 9.90 Å². The van der Waals surface area contributed by atoms with E-state index in [-0.39, 0.29) is 11.8 Å². The Morgan fingerprint density at radius 1 is 1.24 bits per heavy atom. The third-order valence-electron chi connectivity index (χ3n) is 5.66. The van der Waals surface area contributed by atoms with Crippen LogP contribution in [0, 0.1) is 5.92 Å². The number of unbranched alkanes of at least 4 members (excludes halogenated alkanes) is 1. The quantitative estimate of drug-likeness (QED) is 0.453. The molecule has 2 atom stereocenters. The number of anilines is 1. The van der Waals surface area contributed by atoms with Crippen LogP contribution >= 0.6 is 0 Å². The molecular weight excluding hydrogens is 372 g/mol. The van der Waals surface area contributed by atoms with E-state index in [0.717, 1.165) is 44.6 Å². The van der Waals surface area contributed by atoms with Crippen LogP contribution in [-0.4, -0.2) is 82.1 Å². The molecule has 0 aromatic heterocycles. The predicted molar refractivity (Wildman–Crippen MR) is 113 cm³/mol. The highest BCUT2D eigenvalue weighted by atomic mass is 16.6. The summed E-state index contributed by atoms with van der Waals surface area (Å²) >= 11 is 0. The number of carbonyl (C=O) groups is 1. The first-order valence-corrected chi connectivity index (χ1v) is 10.6. The number of hydrogen-bond donors (Lipinski definition) is 4. The van der Waals surface area contributed by atoms with Gasteiger partial charge in [0.25, 0.3) is 5.91 Å². The molecule has 1 fully saturated rings. The van der Waals surface area contributed by atoms with Crippen LogP contribution in [0.1, 0.15) is 29.6 Å². The van der Waals surface area contributed by atoms with Crippen LogP contribution in [0.3, 0.4) is 0 Å². The van der Waals surface area contributed by atoms with Gasteiger partial charge in [-0.15, -0.1) is 0 Å². The molecule has 162 valence electrons. The largest absolute Gasteiger partial charge is 0.486 e. The van der Waals surface area contributed by atoms with Crippen molar-refractivity contribution in [3.63, 3.8) is 0 Å². The molecule has 1 unspecified atom stereocenters. The first kappa shape index (κ1) is 21.7. The lowest BCUT2D eigenvalue weighted by atomic mass is 9.93. The lowest BCUT2D eigenvalue weighted by molar-refractivity contribution is 0.0216. The summed E-state index contributed by atoms with van der Waals surface area (Å²) in [7, 11) is 3.77. The van der Waals surface area contributed by atoms with Crippen LogP contribution in [-0.2, 0) is 0 Å². The number of likely N-dealkylation sites (tertiary alicyclic amines) is 1. The van der Waals surface area contributed by atoms with Crippen molar-refractivity contribution < 1.29 is 19.4 Å². The molecule has 2 aliphatic heterocycles. The Kier molecular flexibility index (Phi) is 7.97. The average Bonchev–Trinajstić information content (AvgIpc) is 2.75. The van der Waals surface area contributed by atoms with Crippen molar-refractivity contribution in [1.29, 1.82) is 0 Å². The number of benzene rings is 1. The molecule has 1 amide bonds. The maximum Gasteiger partial charge on any atom is 0.255 e. The second-order valence-electron chi connectivity index (χ2n) is 7.74. The Labute approximate surface area is 172 Å². The van der Waals surface area contributed by atoms with Crippen LogP contribution in [0.4, 0.5) is 5.69 Å². The predicted octanol–water partition coefficient (Wildman–Crippen LogP) is 0.912. The zero-order valence-corrected chi connectivity index (χ0v) is 17.5. The van der Waals surface area contributed by atoms with E-state index in [0.29, 0.717) is 43.4 Å². The highest BCUT2D eigenvalue weighted by molar-refractivity contribution is 5.99. The summed E-state index contributed by atoms with van der Waals surface area (Å²) in [6.07, 6.45) is 2.72. The van der Waals surface area contributed by atoms with E-state index < -0.39 is 6.10 Å². The van der Waals surface area contributed by atoms with E-state index in [1.165, 1.54) is 0 Å². The Bertz CT molecular complexity index is 685. The molecule has 1 saturated heterocycles. The number of aliphatic hydroxyl groups is 1. The number of nitrogens with one attached hydrogen (secondary N) is 3. The van der Waals surface area contributed by atoms with E-state index in [4.69, 9.17) is 9.47 Å². The molecule has 0 saturated carbocycles. The van der Waals surface area contributed by atoms with Crippen molar-refractivity contribution in [3.8, 4) is 11.5 Å². The van der Waals surface area contributed by atoms with Crippen LogP contribution < -0.4 is 25.4 Å². The van der Waals surface area contributed by atoms with Gasteiger partial charge in [-0.05, 0) is 52.0 Å². The fraction of sp³-hybridized carbons (Fsp3) is 0.667. The van der Waals surface area contributed by atoms with Gasteiger partial charge in [0.05, 0.1) is 11.7 Å². The second kappa shape index (κ2) is 10.7. The topological polar surface area (TPSA) is 95.1 Å². The lowest BCUT2D eigenvalue weighted by Crippen LogP contribution is -2.47. The van der Waals surface area contributed by atoms with Crippen molar-refractivity contribution in [2.45, 2.75) is 25.4 Å². The van der Waals surface area contributed by atoms with Gasteiger partial charge in [0.1, 0.15) is 13.2 Å². The Morgan fingerprint density at radius 2 is 2.07 bits per heavy atom. The molecule has 8 nitrogen and oxygen atoms in total. The summed E-state index contributed by atoms with van der Waals surface area (Å²) in [5.74, 6) is 0.933. The number of hydrogen-bond acceptors (Lipinski definition) is 7. The van der Waals surface area contributed by atoms with Crippen molar-refractivity contribution in [1.82, 2.24) is 15.5 Å². The third kappa shape index (κ3) is 5.74. The molecule has 2 heterocycles. The SMILES string of the molecule is CNCCCCN1CC[C@@H](CNC(=O)c2cc(NC)cc3c2OCCO3)C(O)C1. The second-order valence-corrected chi connectivity index (χ2v) is 7.74. The average molecular weight is 407 g/mol. The zero-order valence-electron chi connectivity index (χ0n) is 17.5. The summed E-state index contributed by atoms with van der Waals surface area (Å²) in [5, 5.41) is 19.7. The van der Waals surface area contributed by atoms with Gasteiger partial charge in [-0.1, -0.05) is 0 Å². The van der Waals surface area contributed by atoms with Gasteiger partial charge in [0, 0.05) is 37.8 Å². The summed E-state index contributed by atoms with van der Waals surface area (Å²) in [4.78, 5) is 15.1. The number of rotatable bonds is 9. The number of fused-ring (bicyclic) bond motifs is 1. The Balaban J connectivity index is 1.52. The highest BCUT2D eigenvalue weighted by Gasteiger charge is 2.29. The van der Waals surface area contributed by atoms with E-state index >= 15 is 0 Å². The van der Waals surface area contributed by atoms with Gasteiger partial charge in [0.2, 0.25) is 0 Å². The van der Waals surface area contributed by atoms with Gasteiger partial charge in [-0.2, -0.15) is 0 Å². The molecule has 0 bridgehead atoms. The molecule has 1 aromatic carbocycles. The Morgan fingerprint density at radius 3 is 2.83 bits per heavy atom. The van der Waals surface area contributed by atoms with E-state index in [2.05, 4.69) is 20.9 Å². The van der Waals surface area contributed by atoms with Gasteiger partial charge in [0.15, 0.2) is 11.5 Å². The zero-order chi connectivity index (χ0) is 20.6. The maximum absolute atomic E-state index is 12.8. The molecule has 4 N–H and O–H groups in total. The fourth-order valence-corrected chi connectivity index (χ4v) is 3.91. The third-order valence-corrected chi connectivity index (χ3v) is 5.66. The van der Waals surface area contributed by atoms with Crippen molar-refractivity contribution in [3.05, 3.63) is 17.7 Å². The number of β-amino-alcohol motifs (C(OH)–C–C–N with tert-alkyl or cyclic N) is 1. The molecular formula is C21H34N4O4. The summed E-state index contributed by atoms with van der Waals surface area (Å²) in [5.41, 5.74) is 1.26. The number of ether oxygens (including phenoxy) is 2. The fourth-order valence-electron chi connectivity index (χ4n) is 3.91. The number of carbonyl (C=O) groups excluding carboxylic acids is 1. The minimum Gasteiger partial charge on any atom is -0.486 e. The summed E-state index contributed by atoms with van der Waals surface area (Å²) < 4.78 is 11.3. The normalized spacial score (nSPS) is 21.6. The molecule has 0 aliphatic carbocycles. The van der Waals surface area contributed by atoms with Crippen LogP contribution in [0.2, 0.25) is 0 Å². The molecule has 29 heavy (non-hydrogen) atoms. The van der Waals surface area contributed by atoms with Crippen molar-refractivity contribution in [2.24, 2.45) is 5.92 Å². The Hall–Kier alpha value is -2.03. The molecule has 3 rings (SSSR count). The van der Waals surface area contributed by atoms with Crippen molar-refractivity contribution in [2.75, 3.05) is 65.3 Å². The number of aliphatic hydroxyl groups excluding tert-OH is 1. The molecule has 0 spiro atoms. The van der Waals surface area contributed by atoms with E-state index in [1.54, 1.807) is 13.1 Å². The first-order valence-electron chi connectivity index (χ1n) is 10.6. The lowest BCUT2D eigenvalue weighted by Gasteiger charge is -2.36. The number of piperidine rings is 1. The van der Waals surface area contributed by atoms with Crippen molar-refractivity contribution >= 4 is 11.6 Å². The van der Waals surface area contributed by atoms with Crippen LogP contribution in [0.5, 0.6) is 11.5 Å². The van der Waals surface area contributed by atoms with Crippen LogP contribution in [0.25, 0.3) is 0 Å². The number of amides is 1. The summed E-state index contributed by atoms with van der Waals surface area (Å²) in [6, 6.07) is 3.61. The first-order chi connectivity index (χ1) is 14.1. The minimum atomic E-state index is -0.425. The molecule has 8 heteroatoms. The van der Waals surface area contributed by atoms with E-state index in [1.807, 2.05) is 13.1 Å². The van der Waals surface area contributed by atoms with Gasteiger partial charge in [-0.3, -0.25) is 4.79 Å². The summed E-state index contributed by atoms with van der Waals surface area (Å²) in [6.45, 7) is 5.02. The van der Waals surface area contributed by atoms with Gasteiger partial charge >= 0.3 is 0 Å². The van der Waals surface area contributed by atoms with Crippen LogP contribution in [0.15, 0.2) is 12.1 Å². The van der Waals surface area contributed by atoms with Gasteiger partial charge < -0.3 is 35.4 Å².